The SMILES string of the molecule is Nc1cc(C(F)(F)F)c(-c2cc(NC(CO)c3ccccc3)nc(N3CCOCC3)n2)cn1. The van der Waals surface area contributed by atoms with Crippen LogP contribution in [-0.4, -0.2) is 53.0 Å². The fourth-order valence-corrected chi connectivity index (χ4v) is 3.56. The predicted octanol–water partition coefficient (Wildman–Crippen LogP) is 3.12. The molecule has 4 rings (SSSR count). The highest BCUT2D eigenvalue weighted by atomic mass is 19.4. The smallest absolute Gasteiger partial charge is 0.394 e. The van der Waals surface area contributed by atoms with Gasteiger partial charge < -0.3 is 25.8 Å². The number of nitrogens with one attached hydrogen (secondary N) is 1. The molecule has 0 radical (unpaired) electrons. The van der Waals surface area contributed by atoms with Crippen molar-refractivity contribution in [3.63, 3.8) is 0 Å². The molecule has 1 fully saturated rings. The largest absolute Gasteiger partial charge is 0.417 e. The lowest BCUT2D eigenvalue weighted by molar-refractivity contribution is -0.137. The van der Waals surface area contributed by atoms with Gasteiger partial charge in [-0.25, -0.2) is 9.97 Å². The Morgan fingerprint density at radius 3 is 2.52 bits per heavy atom. The van der Waals surface area contributed by atoms with Crippen LogP contribution in [0.1, 0.15) is 17.2 Å². The van der Waals surface area contributed by atoms with E-state index in [1.807, 2.05) is 35.2 Å². The van der Waals surface area contributed by atoms with E-state index < -0.39 is 17.8 Å². The number of nitrogen functional groups attached to an aromatic ring is 1. The Bertz CT molecular complexity index is 1090. The van der Waals surface area contributed by atoms with Gasteiger partial charge in [-0.3, -0.25) is 0 Å². The summed E-state index contributed by atoms with van der Waals surface area (Å²) in [5.74, 6) is 0.290. The summed E-state index contributed by atoms with van der Waals surface area (Å²) in [6.45, 7) is 1.66. The van der Waals surface area contributed by atoms with E-state index in [0.29, 0.717) is 26.3 Å². The summed E-state index contributed by atoms with van der Waals surface area (Å²) >= 11 is 0. The number of aromatic nitrogens is 3. The topological polar surface area (TPSA) is 109 Å². The summed E-state index contributed by atoms with van der Waals surface area (Å²) in [6.07, 6.45) is -3.59. The number of rotatable bonds is 6. The van der Waals surface area contributed by atoms with Crippen LogP contribution >= 0.6 is 0 Å². The number of nitrogens with zero attached hydrogens (tertiary/aromatic N) is 4. The van der Waals surface area contributed by atoms with Gasteiger partial charge in [0, 0.05) is 30.9 Å². The molecule has 2 aromatic heterocycles. The van der Waals surface area contributed by atoms with Gasteiger partial charge in [-0.15, -0.1) is 0 Å². The second-order valence-corrected chi connectivity index (χ2v) is 7.48. The Balaban J connectivity index is 1.79. The van der Waals surface area contributed by atoms with Crippen LogP contribution in [0.4, 0.5) is 30.8 Å². The molecule has 0 spiro atoms. The van der Waals surface area contributed by atoms with Crippen molar-refractivity contribution in [3.8, 4) is 11.3 Å². The van der Waals surface area contributed by atoms with E-state index in [0.717, 1.165) is 17.8 Å². The van der Waals surface area contributed by atoms with Crippen molar-refractivity contribution in [2.24, 2.45) is 0 Å². The summed E-state index contributed by atoms with van der Waals surface area (Å²) in [5.41, 5.74) is 5.22. The van der Waals surface area contributed by atoms with E-state index in [-0.39, 0.29) is 35.4 Å². The van der Waals surface area contributed by atoms with Crippen molar-refractivity contribution < 1.29 is 23.0 Å². The molecule has 174 valence electrons. The highest BCUT2D eigenvalue weighted by molar-refractivity contribution is 5.69. The molecule has 3 aromatic rings. The molecule has 1 saturated heterocycles. The molecule has 0 saturated carbocycles. The molecule has 3 heterocycles. The van der Waals surface area contributed by atoms with E-state index in [1.165, 1.54) is 6.07 Å². The molecule has 11 heteroatoms. The van der Waals surface area contributed by atoms with E-state index in [4.69, 9.17) is 10.5 Å². The van der Waals surface area contributed by atoms with Crippen LogP contribution in [0.25, 0.3) is 11.3 Å². The fraction of sp³-hybridized carbons (Fsp3) is 0.318. The van der Waals surface area contributed by atoms with E-state index >= 15 is 0 Å². The first-order valence-corrected chi connectivity index (χ1v) is 10.3. The summed E-state index contributed by atoms with van der Waals surface area (Å²) < 4.78 is 46.6. The van der Waals surface area contributed by atoms with Crippen molar-refractivity contribution in [2.75, 3.05) is 48.9 Å². The third-order valence-electron chi connectivity index (χ3n) is 5.22. The zero-order valence-corrected chi connectivity index (χ0v) is 17.6. The van der Waals surface area contributed by atoms with Crippen LogP contribution in [0.2, 0.25) is 0 Å². The zero-order chi connectivity index (χ0) is 23.4. The number of ether oxygens (including phenoxy) is 1. The Morgan fingerprint density at radius 1 is 1.12 bits per heavy atom. The molecular weight excluding hydrogens is 437 g/mol. The van der Waals surface area contributed by atoms with Gasteiger partial charge in [-0.1, -0.05) is 30.3 Å². The van der Waals surface area contributed by atoms with Gasteiger partial charge in [-0.05, 0) is 11.6 Å². The molecule has 0 aliphatic carbocycles. The van der Waals surface area contributed by atoms with Crippen LogP contribution in [0.15, 0.2) is 48.7 Å². The number of pyridine rings is 1. The number of hydrogen-bond acceptors (Lipinski definition) is 8. The standard InChI is InChI=1S/C22H23F3N6O2/c23-22(24,25)16-10-19(26)27-12-15(16)17-11-20(28-18(13-32)14-4-2-1-3-5-14)30-21(29-17)31-6-8-33-9-7-31/h1-5,10-12,18,32H,6-9,13H2,(H2,26,27)(H,28,29,30). The highest BCUT2D eigenvalue weighted by Gasteiger charge is 2.35. The van der Waals surface area contributed by atoms with Crippen molar-refractivity contribution >= 4 is 17.6 Å². The molecule has 33 heavy (non-hydrogen) atoms. The fourth-order valence-electron chi connectivity index (χ4n) is 3.56. The monoisotopic (exact) mass is 460 g/mol. The summed E-state index contributed by atoms with van der Waals surface area (Å²) in [5, 5.41) is 13.0. The molecular formula is C22H23F3N6O2. The minimum absolute atomic E-state index is 0.0403. The van der Waals surface area contributed by atoms with Crippen molar-refractivity contribution in [2.45, 2.75) is 12.2 Å². The number of benzene rings is 1. The summed E-state index contributed by atoms with van der Waals surface area (Å²) in [4.78, 5) is 14.6. The van der Waals surface area contributed by atoms with Crippen LogP contribution in [0.3, 0.4) is 0 Å². The Labute approximate surface area is 188 Å². The van der Waals surface area contributed by atoms with Crippen LogP contribution in [-0.2, 0) is 10.9 Å². The second-order valence-electron chi connectivity index (χ2n) is 7.48. The first-order valence-electron chi connectivity index (χ1n) is 10.3. The number of aliphatic hydroxyl groups excluding tert-OH is 1. The van der Waals surface area contributed by atoms with Crippen LogP contribution in [0, 0.1) is 0 Å². The minimum Gasteiger partial charge on any atom is -0.394 e. The van der Waals surface area contributed by atoms with Crippen LogP contribution in [0.5, 0.6) is 0 Å². The van der Waals surface area contributed by atoms with Gasteiger partial charge >= 0.3 is 6.18 Å². The number of halogens is 3. The van der Waals surface area contributed by atoms with Gasteiger partial charge in [-0.2, -0.15) is 18.2 Å². The van der Waals surface area contributed by atoms with Crippen molar-refractivity contribution in [3.05, 3.63) is 59.8 Å². The number of hydrogen-bond donors (Lipinski definition) is 3. The quantitative estimate of drug-likeness (QED) is 0.515. The Hall–Kier alpha value is -3.44. The van der Waals surface area contributed by atoms with E-state index in [9.17, 15) is 18.3 Å². The predicted molar refractivity (Wildman–Crippen MR) is 118 cm³/mol. The third kappa shape index (κ3) is 5.32. The molecule has 1 atom stereocenters. The number of nitrogens with two attached hydrogens (primary N) is 1. The van der Waals surface area contributed by atoms with Gasteiger partial charge in [0.05, 0.1) is 37.1 Å². The molecule has 0 bridgehead atoms. The third-order valence-corrected chi connectivity index (χ3v) is 5.22. The number of alkyl halides is 3. The average molecular weight is 460 g/mol. The lowest BCUT2D eigenvalue weighted by atomic mass is 10.1. The summed E-state index contributed by atoms with van der Waals surface area (Å²) in [6, 6.07) is 10.9. The molecule has 1 aliphatic heterocycles. The molecule has 0 amide bonds. The molecule has 4 N–H and O–H groups in total. The van der Waals surface area contributed by atoms with E-state index in [2.05, 4.69) is 20.3 Å². The Morgan fingerprint density at radius 2 is 1.85 bits per heavy atom. The Kier molecular flexibility index (Phi) is 6.61. The maximum atomic E-state index is 13.8. The second kappa shape index (κ2) is 9.59. The maximum Gasteiger partial charge on any atom is 0.417 e. The van der Waals surface area contributed by atoms with E-state index in [1.54, 1.807) is 0 Å². The maximum absolute atomic E-state index is 13.8. The molecule has 1 aromatic carbocycles. The first kappa shape index (κ1) is 22.7. The zero-order valence-electron chi connectivity index (χ0n) is 17.6. The normalized spacial score (nSPS) is 15.3. The van der Waals surface area contributed by atoms with Crippen molar-refractivity contribution in [1.82, 2.24) is 15.0 Å². The van der Waals surface area contributed by atoms with Crippen molar-refractivity contribution in [1.29, 1.82) is 0 Å². The molecule has 1 aliphatic rings. The highest BCUT2D eigenvalue weighted by Crippen LogP contribution is 2.38. The first-order chi connectivity index (χ1) is 15.8. The number of anilines is 3. The van der Waals surface area contributed by atoms with Gasteiger partial charge in [0.1, 0.15) is 11.6 Å². The van der Waals surface area contributed by atoms with Crippen LogP contribution < -0.4 is 16.0 Å². The number of morpholine rings is 1. The number of aliphatic hydroxyl groups is 1. The lowest BCUT2D eigenvalue weighted by Gasteiger charge is -2.28. The summed E-state index contributed by atoms with van der Waals surface area (Å²) in [7, 11) is 0. The molecule has 8 nitrogen and oxygen atoms in total. The molecule has 1 unspecified atom stereocenters. The lowest BCUT2D eigenvalue weighted by Crippen LogP contribution is -2.37. The minimum atomic E-state index is -4.65. The average Bonchev–Trinajstić information content (AvgIpc) is 2.83. The van der Waals surface area contributed by atoms with Gasteiger partial charge in [0.15, 0.2) is 0 Å². The van der Waals surface area contributed by atoms with Gasteiger partial charge in [0.25, 0.3) is 0 Å². The van der Waals surface area contributed by atoms with Gasteiger partial charge in [0.2, 0.25) is 5.95 Å².